The predicted molar refractivity (Wildman–Crippen MR) is 116 cm³/mol. The molecule has 1 aliphatic rings. The van der Waals surface area contributed by atoms with Crippen molar-refractivity contribution in [2.24, 2.45) is 5.92 Å². The molecule has 1 atom stereocenters. The molecule has 0 aliphatic carbocycles. The number of benzene rings is 1. The summed E-state index contributed by atoms with van der Waals surface area (Å²) >= 11 is 0. The van der Waals surface area contributed by atoms with E-state index in [1.54, 1.807) is 18.1 Å². The van der Waals surface area contributed by atoms with E-state index in [1.165, 1.54) is 0 Å². The van der Waals surface area contributed by atoms with Crippen LogP contribution in [0.3, 0.4) is 0 Å². The summed E-state index contributed by atoms with van der Waals surface area (Å²) < 4.78 is 7.09. The van der Waals surface area contributed by atoms with Crippen molar-refractivity contribution in [1.82, 2.24) is 20.1 Å². The largest absolute Gasteiger partial charge is 0.497 e. The smallest absolute Gasteiger partial charge is 0.227 e. The first-order chi connectivity index (χ1) is 15.1. The summed E-state index contributed by atoms with van der Waals surface area (Å²) in [5, 5.41) is 14.3. The topological polar surface area (TPSA) is 101 Å². The number of hydrogen-bond donors (Lipinski definition) is 2. The van der Waals surface area contributed by atoms with Gasteiger partial charge in [0.25, 0.3) is 0 Å². The van der Waals surface area contributed by atoms with E-state index >= 15 is 0 Å². The van der Waals surface area contributed by atoms with Gasteiger partial charge in [-0.3, -0.25) is 9.59 Å². The zero-order valence-electron chi connectivity index (χ0n) is 17.2. The maximum absolute atomic E-state index is 12.5. The van der Waals surface area contributed by atoms with Crippen LogP contribution in [0.4, 0.5) is 11.5 Å². The number of nitrogens with one attached hydrogen (secondary N) is 2. The molecule has 4 rings (SSSR count). The number of carbonyl (C=O) groups is 2. The molecule has 1 aromatic carbocycles. The van der Waals surface area contributed by atoms with Crippen LogP contribution >= 0.6 is 0 Å². The lowest BCUT2D eigenvalue weighted by Crippen LogP contribution is -2.35. The normalized spacial score (nSPS) is 15.7. The Hall–Kier alpha value is -3.88. The second kappa shape index (κ2) is 9.29. The van der Waals surface area contributed by atoms with Gasteiger partial charge in [0, 0.05) is 50.2 Å². The molecule has 2 amide bonds. The van der Waals surface area contributed by atoms with Crippen molar-refractivity contribution in [2.45, 2.75) is 6.42 Å². The van der Waals surface area contributed by atoms with E-state index in [9.17, 15) is 9.59 Å². The monoisotopic (exact) mass is 420 g/mol. The van der Waals surface area contributed by atoms with E-state index in [1.807, 2.05) is 59.4 Å². The van der Waals surface area contributed by atoms with Gasteiger partial charge in [-0.1, -0.05) is 6.07 Å². The van der Waals surface area contributed by atoms with Gasteiger partial charge in [0.05, 0.1) is 13.0 Å². The highest BCUT2D eigenvalue weighted by Gasteiger charge is 2.35. The third kappa shape index (κ3) is 4.82. The molecule has 0 saturated carbocycles. The number of methoxy groups -OCH3 is 1. The van der Waals surface area contributed by atoms with Crippen molar-refractivity contribution in [3.8, 4) is 11.6 Å². The van der Waals surface area contributed by atoms with Crippen LogP contribution in [-0.4, -0.2) is 53.3 Å². The average molecular weight is 420 g/mol. The molecule has 1 unspecified atom stereocenters. The Morgan fingerprint density at radius 3 is 2.71 bits per heavy atom. The molecule has 2 N–H and O–H groups in total. The van der Waals surface area contributed by atoms with Gasteiger partial charge in [-0.05, 0) is 36.4 Å². The van der Waals surface area contributed by atoms with Crippen molar-refractivity contribution < 1.29 is 14.3 Å². The molecule has 0 bridgehead atoms. The first-order valence-electron chi connectivity index (χ1n) is 10.1. The van der Waals surface area contributed by atoms with E-state index in [0.717, 1.165) is 11.5 Å². The lowest BCUT2D eigenvalue weighted by molar-refractivity contribution is -0.126. The Morgan fingerprint density at radius 2 is 1.97 bits per heavy atom. The summed E-state index contributed by atoms with van der Waals surface area (Å²) in [6, 6.07) is 14.8. The zero-order valence-corrected chi connectivity index (χ0v) is 17.2. The molecular formula is C22H24N6O3. The molecule has 3 aromatic rings. The van der Waals surface area contributed by atoms with Gasteiger partial charge in [-0.2, -0.15) is 0 Å². The highest BCUT2D eigenvalue weighted by Crippen LogP contribution is 2.27. The number of rotatable bonds is 8. The number of hydrogen-bond acceptors (Lipinski definition) is 6. The molecule has 0 spiro atoms. The number of aromatic nitrogens is 3. The number of anilines is 2. The molecule has 2 aromatic heterocycles. The van der Waals surface area contributed by atoms with Crippen LogP contribution < -0.4 is 20.3 Å². The fourth-order valence-electron chi connectivity index (χ4n) is 3.48. The summed E-state index contributed by atoms with van der Waals surface area (Å²) in [5.74, 6) is 1.47. The molecule has 1 fully saturated rings. The van der Waals surface area contributed by atoms with E-state index in [4.69, 9.17) is 4.74 Å². The molecule has 0 radical (unpaired) electrons. The Morgan fingerprint density at radius 1 is 1.13 bits per heavy atom. The van der Waals surface area contributed by atoms with Crippen LogP contribution in [0.25, 0.3) is 5.82 Å². The summed E-state index contributed by atoms with van der Waals surface area (Å²) in [6.07, 6.45) is 3.99. The second-order valence-corrected chi connectivity index (χ2v) is 7.19. The number of ether oxygens (including phenoxy) is 1. The summed E-state index contributed by atoms with van der Waals surface area (Å²) in [5.41, 5.74) is 0.739. The van der Waals surface area contributed by atoms with E-state index in [0.29, 0.717) is 31.2 Å². The summed E-state index contributed by atoms with van der Waals surface area (Å²) in [6.45, 7) is 1.28. The Bertz CT molecular complexity index is 1040. The van der Waals surface area contributed by atoms with Crippen LogP contribution in [0.5, 0.6) is 5.75 Å². The van der Waals surface area contributed by atoms with Gasteiger partial charge in [0.15, 0.2) is 5.82 Å². The van der Waals surface area contributed by atoms with Crippen molar-refractivity contribution in [3.63, 3.8) is 0 Å². The van der Waals surface area contributed by atoms with Gasteiger partial charge in [0.2, 0.25) is 11.8 Å². The molecule has 9 heteroatoms. The number of nitrogens with zero attached hydrogens (tertiary/aromatic N) is 4. The first-order valence-corrected chi connectivity index (χ1v) is 10.1. The van der Waals surface area contributed by atoms with Gasteiger partial charge in [-0.25, -0.2) is 0 Å². The first kappa shape index (κ1) is 20.4. The fraction of sp³-hybridized carbons (Fsp3) is 0.273. The minimum absolute atomic E-state index is 0.0652. The SMILES string of the molecule is COc1cccc(N2CC(C(=O)NCCNc3ccc(-n4cccc4)nn3)CC2=O)c1. The van der Waals surface area contributed by atoms with Crippen LogP contribution in [0.1, 0.15) is 6.42 Å². The second-order valence-electron chi connectivity index (χ2n) is 7.19. The molecule has 3 heterocycles. The molecule has 160 valence electrons. The molecule has 1 aliphatic heterocycles. The number of amides is 2. The zero-order chi connectivity index (χ0) is 21.6. The summed E-state index contributed by atoms with van der Waals surface area (Å²) in [4.78, 5) is 26.5. The molecule has 1 saturated heterocycles. The Balaban J connectivity index is 1.23. The van der Waals surface area contributed by atoms with Crippen LogP contribution in [0, 0.1) is 5.92 Å². The predicted octanol–water partition coefficient (Wildman–Crippen LogP) is 1.86. The minimum Gasteiger partial charge on any atom is -0.497 e. The average Bonchev–Trinajstić information content (AvgIpc) is 3.47. The van der Waals surface area contributed by atoms with Gasteiger partial charge in [-0.15, -0.1) is 10.2 Å². The van der Waals surface area contributed by atoms with Crippen molar-refractivity contribution in [2.75, 3.05) is 37.0 Å². The van der Waals surface area contributed by atoms with Crippen LogP contribution in [-0.2, 0) is 9.59 Å². The highest BCUT2D eigenvalue weighted by atomic mass is 16.5. The highest BCUT2D eigenvalue weighted by molar-refractivity contribution is 6.00. The van der Waals surface area contributed by atoms with E-state index < -0.39 is 0 Å². The van der Waals surface area contributed by atoms with Crippen LogP contribution in [0.2, 0.25) is 0 Å². The van der Waals surface area contributed by atoms with Gasteiger partial charge < -0.3 is 24.8 Å². The minimum atomic E-state index is -0.376. The fourth-order valence-corrected chi connectivity index (χ4v) is 3.48. The lowest BCUT2D eigenvalue weighted by atomic mass is 10.1. The molecular weight excluding hydrogens is 396 g/mol. The van der Waals surface area contributed by atoms with E-state index in [-0.39, 0.29) is 24.2 Å². The Labute approximate surface area is 180 Å². The van der Waals surface area contributed by atoms with Crippen molar-refractivity contribution in [3.05, 3.63) is 60.9 Å². The maximum Gasteiger partial charge on any atom is 0.227 e. The quantitative estimate of drug-likeness (QED) is 0.540. The van der Waals surface area contributed by atoms with Crippen LogP contribution in [0.15, 0.2) is 60.9 Å². The number of carbonyl (C=O) groups excluding carboxylic acids is 2. The lowest BCUT2D eigenvalue weighted by Gasteiger charge is -2.17. The standard InChI is InChI=1S/C22H24N6O3/c1-31-18-6-4-5-17(14-18)28-15-16(13-21(28)29)22(30)24-10-9-23-19-7-8-20(26-25-19)27-11-2-3-12-27/h2-8,11-12,14,16H,9-10,13,15H2,1H3,(H,23,25)(H,24,30). The van der Waals surface area contributed by atoms with E-state index in [2.05, 4.69) is 20.8 Å². The summed E-state index contributed by atoms with van der Waals surface area (Å²) in [7, 11) is 1.58. The molecule has 9 nitrogen and oxygen atoms in total. The third-order valence-corrected chi connectivity index (χ3v) is 5.11. The van der Waals surface area contributed by atoms with Crippen molar-refractivity contribution in [1.29, 1.82) is 0 Å². The van der Waals surface area contributed by atoms with Gasteiger partial charge in [0.1, 0.15) is 11.6 Å². The van der Waals surface area contributed by atoms with Crippen molar-refractivity contribution >= 4 is 23.3 Å². The Kier molecular flexibility index (Phi) is 6.11. The molecule has 31 heavy (non-hydrogen) atoms. The van der Waals surface area contributed by atoms with Gasteiger partial charge >= 0.3 is 0 Å². The maximum atomic E-state index is 12.5. The third-order valence-electron chi connectivity index (χ3n) is 5.11.